The fraction of sp³-hybridized carbons (Fsp3) is 0.523. The van der Waals surface area contributed by atoms with Crippen LogP contribution in [0.15, 0.2) is 89.4 Å². The summed E-state index contributed by atoms with van der Waals surface area (Å²) in [5, 5.41) is 14.0. The molecule has 396 valence electrons. The first-order valence-corrected chi connectivity index (χ1v) is 30.2. The van der Waals surface area contributed by atoms with Crippen LogP contribution >= 0.6 is 22.7 Å². The molecule has 0 bridgehead atoms. The van der Waals surface area contributed by atoms with Crippen LogP contribution in [-0.2, 0) is 15.6 Å². The minimum Gasteiger partial charge on any atom is -0.506 e. The SMILES string of the molecule is CCCCCCN1/C(=C\C2=C(O)C(=CC3=[N+](CCCCCC)c4ccc(-c5cc6c(OCC(CC)CCCC)c7sc(C=O)cc7c(OCC(CC)CCCC)c6s5)cc4C3(C)C)C2=O)C(C)(C)c2ccccc21. The molecular formula is C65H85N2O5S2+. The number of anilines is 1. The van der Waals surface area contributed by atoms with Crippen molar-refractivity contribution < 1.29 is 28.7 Å². The minimum atomic E-state index is -0.476. The van der Waals surface area contributed by atoms with E-state index in [4.69, 9.17) is 9.47 Å². The number of hydrogen-bond donors (Lipinski definition) is 1. The van der Waals surface area contributed by atoms with E-state index in [1.165, 1.54) is 60.3 Å². The lowest BCUT2D eigenvalue weighted by Crippen LogP contribution is -2.32. The summed E-state index contributed by atoms with van der Waals surface area (Å²) in [5.41, 5.74) is 7.99. The molecule has 9 heteroatoms. The molecule has 1 N–H and O–H groups in total. The molecule has 0 radical (unpaired) electrons. The molecule has 4 heterocycles. The Morgan fingerprint density at radius 3 is 1.93 bits per heavy atom. The van der Waals surface area contributed by atoms with Crippen molar-refractivity contribution >= 4 is 72.0 Å². The number of para-hydroxylation sites is 1. The highest BCUT2D eigenvalue weighted by molar-refractivity contribution is 7.24. The van der Waals surface area contributed by atoms with Gasteiger partial charge in [-0.2, -0.15) is 4.58 Å². The first kappa shape index (κ1) is 55.2. The van der Waals surface area contributed by atoms with Gasteiger partial charge < -0.3 is 19.5 Å². The molecular weight excluding hydrogens is 953 g/mol. The van der Waals surface area contributed by atoms with E-state index in [9.17, 15) is 14.7 Å². The zero-order valence-corrected chi connectivity index (χ0v) is 48.1. The smallest absolute Gasteiger partial charge is 0.209 e. The Labute approximate surface area is 451 Å². The van der Waals surface area contributed by atoms with Crippen molar-refractivity contribution in [2.45, 2.75) is 183 Å². The molecule has 2 aromatic heterocycles. The average Bonchev–Trinajstić information content (AvgIpc) is 4.15. The Hall–Kier alpha value is -4.99. The summed E-state index contributed by atoms with van der Waals surface area (Å²) >= 11 is 3.25. The van der Waals surface area contributed by atoms with Crippen LogP contribution in [0, 0.1) is 11.8 Å². The fourth-order valence-electron chi connectivity index (χ4n) is 11.7. The van der Waals surface area contributed by atoms with Crippen molar-refractivity contribution in [3.8, 4) is 21.9 Å². The number of aliphatic hydroxyl groups excluding tert-OH is 1. The molecule has 2 atom stereocenters. The molecule has 0 saturated carbocycles. The Morgan fingerprint density at radius 2 is 1.31 bits per heavy atom. The van der Waals surface area contributed by atoms with Crippen LogP contribution in [0.25, 0.3) is 30.6 Å². The predicted molar refractivity (Wildman–Crippen MR) is 314 cm³/mol. The van der Waals surface area contributed by atoms with Gasteiger partial charge in [-0.1, -0.05) is 144 Å². The van der Waals surface area contributed by atoms with Crippen molar-refractivity contribution in [2.24, 2.45) is 11.8 Å². The zero-order valence-electron chi connectivity index (χ0n) is 46.5. The number of carbonyl (C=O) groups excluding carboxylic acids is 2. The quantitative estimate of drug-likeness (QED) is 0.0233. The van der Waals surface area contributed by atoms with E-state index in [0.717, 1.165) is 149 Å². The second-order valence-corrected chi connectivity index (χ2v) is 24.6. The molecule has 7 nitrogen and oxygen atoms in total. The van der Waals surface area contributed by atoms with Crippen molar-refractivity contribution in [1.29, 1.82) is 0 Å². The van der Waals surface area contributed by atoms with Crippen molar-refractivity contribution in [3.63, 3.8) is 0 Å². The molecule has 0 fully saturated rings. The standard InChI is InChI=1S/C65H84N2O5S2/c1-11-17-21-25-33-66-53-30-24-23-29-51(53)64(7,8)56(66)38-47-58(69)48(59(47)70)39-57-65(9,10)52-35-45(31-32-54(52)67(57)34-26-22-18-12-2)55-37-50-61(72-42-44(16-6)28-20-14-4)62-49(36-46(40-68)73-62)60(63(50)74-55)71-41-43(15-5)27-19-13-3/h23-24,29-32,35-40,43-44H,11-22,25-28,33-34,41-42H2,1-10H3/p+1. The third-order valence-electron chi connectivity index (χ3n) is 16.5. The van der Waals surface area contributed by atoms with Crippen LogP contribution in [-0.4, -0.2) is 53.8 Å². The van der Waals surface area contributed by atoms with Crippen LogP contribution in [0.5, 0.6) is 11.5 Å². The van der Waals surface area contributed by atoms with Crippen molar-refractivity contribution in [3.05, 3.63) is 105 Å². The molecule has 2 unspecified atom stereocenters. The van der Waals surface area contributed by atoms with Gasteiger partial charge in [0.2, 0.25) is 11.5 Å². The number of benzene rings is 3. The van der Waals surface area contributed by atoms with E-state index in [-0.39, 0.29) is 17.0 Å². The van der Waals surface area contributed by atoms with E-state index in [1.54, 1.807) is 11.3 Å². The number of hydrogen-bond acceptors (Lipinski definition) is 8. The van der Waals surface area contributed by atoms with Gasteiger partial charge in [-0.15, -0.1) is 22.7 Å². The number of ether oxygens (including phenoxy) is 2. The van der Waals surface area contributed by atoms with Crippen molar-refractivity contribution in [1.82, 2.24) is 0 Å². The molecule has 3 aliphatic rings. The first-order valence-electron chi connectivity index (χ1n) is 28.6. The number of aldehydes is 1. The van der Waals surface area contributed by atoms with Gasteiger partial charge in [0, 0.05) is 63.1 Å². The van der Waals surface area contributed by atoms with Crippen LogP contribution < -0.4 is 14.4 Å². The molecule has 3 aromatic carbocycles. The molecule has 0 saturated heterocycles. The van der Waals surface area contributed by atoms with Crippen molar-refractivity contribution in [2.75, 3.05) is 31.2 Å². The molecule has 8 rings (SSSR count). The number of aliphatic hydroxyl groups is 1. The largest absolute Gasteiger partial charge is 0.506 e. The number of carbonyl (C=O) groups is 2. The van der Waals surface area contributed by atoms with Gasteiger partial charge in [-0.3, -0.25) is 9.59 Å². The monoisotopic (exact) mass is 1040 g/mol. The van der Waals surface area contributed by atoms with Crippen LogP contribution in [0.1, 0.15) is 193 Å². The average molecular weight is 1040 g/mol. The number of fused-ring (bicyclic) bond motifs is 4. The summed E-state index contributed by atoms with van der Waals surface area (Å²) in [6.07, 6.45) is 23.0. The summed E-state index contributed by atoms with van der Waals surface area (Å²) in [5.74, 6) is 2.57. The summed E-state index contributed by atoms with van der Waals surface area (Å²) in [6, 6.07) is 19.8. The van der Waals surface area contributed by atoms with Crippen LogP contribution in [0.2, 0.25) is 0 Å². The Balaban J connectivity index is 1.19. The highest BCUT2D eigenvalue weighted by Gasteiger charge is 2.47. The van der Waals surface area contributed by atoms with Gasteiger partial charge in [0.25, 0.3) is 0 Å². The zero-order chi connectivity index (χ0) is 52.7. The Bertz CT molecular complexity index is 2880. The normalized spacial score (nSPS) is 17.8. The third kappa shape index (κ3) is 11.0. The number of unbranched alkanes of at least 4 members (excludes halogenated alkanes) is 8. The summed E-state index contributed by atoms with van der Waals surface area (Å²) < 4.78 is 18.4. The molecule has 5 aromatic rings. The maximum atomic E-state index is 14.5. The molecule has 74 heavy (non-hydrogen) atoms. The maximum Gasteiger partial charge on any atom is 0.209 e. The number of allylic oxidation sites excluding steroid dienone is 5. The Morgan fingerprint density at radius 1 is 0.689 bits per heavy atom. The van der Waals surface area contributed by atoms with E-state index in [1.807, 2.05) is 18.2 Å². The van der Waals surface area contributed by atoms with Gasteiger partial charge in [0.1, 0.15) is 23.8 Å². The number of ketones is 1. The Kier molecular flexibility index (Phi) is 18.2. The van der Waals surface area contributed by atoms with Crippen LogP contribution in [0.4, 0.5) is 11.4 Å². The summed E-state index contributed by atoms with van der Waals surface area (Å²) in [4.78, 5) is 31.1. The van der Waals surface area contributed by atoms with E-state index < -0.39 is 5.41 Å². The highest BCUT2D eigenvalue weighted by atomic mass is 32.1. The maximum absolute atomic E-state index is 14.5. The number of nitrogens with zero attached hydrogens (tertiary/aromatic N) is 2. The van der Waals surface area contributed by atoms with Gasteiger partial charge in [-0.05, 0) is 98.9 Å². The summed E-state index contributed by atoms with van der Waals surface area (Å²) in [7, 11) is 0. The van der Waals surface area contributed by atoms with Gasteiger partial charge in [0.05, 0.1) is 44.1 Å². The lowest BCUT2D eigenvalue weighted by molar-refractivity contribution is -0.438. The lowest BCUT2D eigenvalue weighted by Gasteiger charge is -2.29. The fourth-order valence-corrected chi connectivity index (χ4v) is 13.8. The summed E-state index contributed by atoms with van der Waals surface area (Å²) in [6.45, 7) is 25.4. The third-order valence-corrected chi connectivity index (χ3v) is 18.8. The number of Topliss-reactive ketones (excluding diaryl/α,β-unsaturated/α-hetero) is 1. The molecule has 0 spiro atoms. The van der Waals surface area contributed by atoms with Crippen LogP contribution in [0.3, 0.4) is 0 Å². The molecule has 0 amide bonds. The lowest BCUT2D eigenvalue weighted by atomic mass is 9.77. The van der Waals surface area contributed by atoms with Gasteiger partial charge >= 0.3 is 0 Å². The minimum absolute atomic E-state index is 0.0822. The van der Waals surface area contributed by atoms with Gasteiger partial charge in [0.15, 0.2) is 12.0 Å². The first-order chi connectivity index (χ1) is 35.8. The highest BCUT2D eigenvalue weighted by Crippen LogP contribution is 2.53. The van der Waals surface area contributed by atoms with E-state index in [2.05, 4.69) is 127 Å². The van der Waals surface area contributed by atoms with E-state index in [0.29, 0.717) is 41.1 Å². The van der Waals surface area contributed by atoms with E-state index >= 15 is 0 Å². The molecule has 2 aliphatic heterocycles. The topological polar surface area (TPSA) is 79.1 Å². The predicted octanol–water partition coefficient (Wildman–Crippen LogP) is 18.3. The second kappa shape index (κ2) is 24.3. The van der Waals surface area contributed by atoms with Gasteiger partial charge in [-0.25, -0.2) is 0 Å². The second-order valence-electron chi connectivity index (χ2n) is 22.5. The molecule has 1 aliphatic carbocycles. The number of rotatable bonds is 28. The number of thiophene rings is 2.